The van der Waals surface area contributed by atoms with Crippen LogP contribution in [0, 0.1) is 26.7 Å². The van der Waals surface area contributed by atoms with Crippen LogP contribution in [-0.2, 0) is 28.7 Å². The molecule has 4 rings (SSSR count). The van der Waals surface area contributed by atoms with E-state index in [1.807, 2.05) is 42.4 Å². The summed E-state index contributed by atoms with van der Waals surface area (Å²) in [5.74, 6) is -0.363. The fraction of sp³-hybridized carbons (Fsp3) is 0.393. The van der Waals surface area contributed by atoms with Crippen LogP contribution >= 0.6 is 11.6 Å². The fourth-order valence-corrected chi connectivity index (χ4v) is 5.52. The normalized spacial score (nSPS) is 13.3. The number of aryl methyl sites for hydroxylation is 1. The maximum atomic E-state index is 12.8. The Hall–Kier alpha value is -2.79. The summed E-state index contributed by atoms with van der Waals surface area (Å²) in [6.07, 6.45) is 7.91. The highest BCUT2D eigenvalue weighted by atomic mass is 35.5. The van der Waals surface area contributed by atoms with Crippen LogP contribution in [-0.4, -0.2) is 42.9 Å². The van der Waals surface area contributed by atoms with Crippen molar-refractivity contribution in [2.24, 2.45) is 0 Å². The number of carbonyl (C=O) groups is 1. The van der Waals surface area contributed by atoms with Crippen LogP contribution < -0.4 is 4.31 Å². The molecule has 0 aliphatic carbocycles. The SMILES string of the molecule is C#C.CC(C)(C)O.CCS(=O)N1CCn2c(C)cc3c(-c4ccc(Cl)cc4)c(CC(=O)O)c(C)c1c32. The minimum Gasteiger partial charge on any atom is -0.481 e. The quantitative estimate of drug-likeness (QED) is 0.412. The molecule has 36 heavy (non-hydrogen) atoms. The molecule has 0 spiro atoms. The maximum Gasteiger partial charge on any atom is 0.307 e. The summed E-state index contributed by atoms with van der Waals surface area (Å²) in [4.78, 5) is 11.8. The number of nitrogens with zero attached hydrogens (tertiary/aromatic N) is 2. The third-order valence-electron chi connectivity index (χ3n) is 5.64. The zero-order valence-corrected chi connectivity index (χ0v) is 23.3. The Balaban J connectivity index is 0.000000583. The standard InChI is InChI=1S/C22H23ClN2O3S.C4H10O.C2H2/c1-4-29(28)25-10-9-24-13(2)11-18-20(15-5-7-16(23)8-6-15)17(12-19(26)27)14(3)21(25)22(18)24;1-4(2,3)5;1-2/h5-8,11H,4,9-10,12H2,1-3H3,(H,26,27);5H,1-3H3;1-2H. The second-order valence-corrected chi connectivity index (χ2v) is 11.6. The van der Waals surface area contributed by atoms with Crippen LogP contribution in [0.3, 0.4) is 0 Å². The Labute approximate surface area is 221 Å². The number of aliphatic hydroxyl groups is 1. The minimum atomic E-state index is -1.15. The van der Waals surface area contributed by atoms with Gasteiger partial charge in [-0.3, -0.25) is 9.10 Å². The molecule has 1 atom stereocenters. The van der Waals surface area contributed by atoms with Gasteiger partial charge in [-0.1, -0.05) is 30.7 Å². The number of anilines is 1. The molecule has 0 saturated heterocycles. The van der Waals surface area contributed by atoms with E-state index < -0.39 is 22.6 Å². The van der Waals surface area contributed by atoms with E-state index in [4.69, 9.17) is 16.7 Å². The van der Waals surface area contributed by atoms with Crippen LogP contribution in [0.2, 0.25) is 5.02 Å². The molecule has 2 aromatic carbocycles. The Kier molecular flexibility index (Phi) is 9.78. The van der Waals surface area contributed by atoms with Gasteiger partial charge in [-0.2, -0.15) is 0 Å². The molecule has 0 saturated carbocycles. The molecule has 2 N–H and O–H groups in total. The van der Waals surface area contributed by atoms with Crippen molar-refractivity contribution in [3.05, 3.63) is 52.2 Å². The van der Waals surface area contributed by atoms with Gasteiger partial charge in [0.05, 0.1) is 23.2 Å². The van der Waals surface area contributed by atoms with Crippen molar-refractivity contribution in [1.82, 2.24) is 4.57 Å². The number of terminal acetylenes is 1. The number of aromatic nitrogens is 1. The van der Waals surface area contributed by atoms with Gasteiger partial charge in [-0.15, -0.1) is 12.8 Å². The van der Waals surface area contributed by atoms with Gasteiger partial charge in [0.25, 0.3) is 0 Å². The predicted molar refractivity (Wildman–Crippen MR) is 151 cm³/mol. The van der Waals surface area contributed by atoms with Crippen LogP contribution in [0.4, 0.5) is 5.69 Å². The smallest absolute Gasteiger partial charge is 0.307 e. The van der Waals surface area contributed by atoms with E-state index in [-0.39, 0.29) is 6.42 Å². The van der Waals surface area contributed by atoms with Crippen molar-refractivity contribution in [3.63, 3.8) is 0 Å². The number of carboxylic acids is 1. The predicted octanol–water partition coefficient (Wildman–Crippen LogP) is 5.74. The Morgan fingerprint density at radius 3 is 2.19 bits per heavy atom. The lowest BCUT2D eigenvalue weighted by molar-refractivity contribution is -0.136. The first-order valence-corrected chi connectivity index (χ1v) is 13.3. The van der Waals surface area contributed by atoms with E-state index in [1.165, 1.54) is 0 Å². The summed E-state index contributed by atoms with van der Waals surface area (Å²) in [6.45, 7) is 12.5. The van der Waals surface area contributed by atoms with Crippen LogP contribution in [0.5, 0.6) is 0 Å². The molecule has 0 radical (unpaired) electrons. The summed E-state index contributed by atoms with van der Waals surface area (Å²) in [5, 5.41) is 19.8. The first-order chi connectivity index (χ1) is 16.8. The third kappa shape index (κ3) is 6.50. The topological polar surface area (TPSA) is 82.8 Å². The molecule has 0 bridgehead atoms. The van der Waals surface area contributed by atoms with Crippen molar-refractivity contribution in [3.8, 4) is 24.0 Å². The molecule has 0 amide bonds. The Bertz CT molecular complexity index is 1280. The average Bonchev–Trinajstić information content (AvgIpc) is 3.14. The van der Waals surface area contributed by atoms with Crippen molar-refractivity contribution in [2.45, 2.75) is 60.1 Å². The van der Waals surface area contributed by atoms with Crippen molar-refractivity contribution in [1.29, 1.82) is 0 Å². The summed E-state index contributed by atoms with van der Waals surface area (Å²) < 4.78 is 17.0. The highest BCUT2D eigenvalue weighted by molar-refractivity contribution is 7.86. The summed E-state index contributed by atoms with van der Waals surface area (Å²) in [5.41, 5.74) is 6.05. The molecular weight excluding hydrogens is 496 g/mol. The fourth-order valence-electron chi connectivity index (χ4n) is 4.37. The van der Waals surface area contributed by atoms with Gasteiger partial charge in [0.15, 0.2) is 0 Å². The van der Waals surface area contributed by atoms with Crippen LogP contribution in [0.15, 0.2) is 30.3 Å². The monoisotopic (exact) mass is 530 g/mol. The van der Waals surface area contributed by atoms with Crippen LogP contribution in [0.25, 0.3) is 22.0 Å². The molecule has 0 fully saturated rings. The number of rotatable bonds is 5. The zero-order valence-electron chi connectivity index (χ0n) is 21.8. The minimum absolute atomic E-state index is 0.0937. The van der Waals surface area contributed by atoms with Crippen molar-refractivity contribution < 1.29 is 19.2 Å². The highest BCUT2D eigenvalue weighted by Crippen LogP contribution is 2.45. The largest absolute Gasteiger partial charge is 0.481 e. The van der Waals surface area contributed by atoms with Gasteiger partial charge in [0.1, 0.15) is 11.0 Å². The van der Waals surface area contributed by atoms with E-state index in [9.17, 15) is 14.1 Å². The highest BCUT2D eigenvalue weighted by Gasteiger charge is 2.30. The molecule has 8 heteroatoms. The zero-order chi connectivity index (χ0) is 27.4. The second-order valence-electron chi connectivity index (χ2n) is 9.49. The second kappa shape index (κ2) is 12.0. The van der Waals surface area contributed by atoms with E-state index >= 15 is 0 Å². The molecule has 1 aromatic heterocycles. The van der Waals surface area contributed by atoms with E-state index in [1.54, 1.807) is 20.8 Å². The molecular formula is C28H35ClN2O4S. The number of hydrogen-bond donors (Lipinski definition) is 2. The summed E-state index contributed by atoms with van der Waals surface area (Å²) in [6, 6.07) is 9.63. The van der Waals surface area contributed by atoms with Gasteiger partial charge in [0.2, 0.25) is 0 Å². The van der Waals surface area contributed by atoms with Gasteiger partial charge in [-0.05, 0) is 75.1 Å². The lowest BCUT2D eigenvalue weighted by Crippen LogP contribution is -2.35. The maximum absolute atomic E-state index is 12.8. The molecule has 1 aliphatic rings. The van der Waals surface area contributed by atoms with Gasteiger partial charge in [0, 0.05) is 34.9 Å². The summed E-state index contributed by atoms with van der Waals surface area (Å²) >= 11 is 6.09. The van der Waals surface area contributed by atoms with Crippen molar-refractivity contribution >= 4 is 45.1 Å². The Morgan fingerprint density at radius 2 is 1.69 bits per heavy atom. The number of halogens is 1. The van der Waals surface area contributed by atoms with Gasteiger partial charge >= 0.3 is 5.97 Å². The van der Waals surface area contributed by atoms with Gasteiger partial charge in [-0.25, -0.2) is 4.21 Å². The van der Waals surface area contributed by atoms with Gasteiger partial charge < -0.3 is 14.8 Å². The van der Waals surface area contributed by atoms with Crippen molar-refractivity contribution in [2.75, 3.05) is 16.6 Å². The number of benzene rings is 2. The van der Waals surface area contributed by atoms with E-state index in [2.05, 4.69) is 30.4 Å². The molecule has 1 unspecified atom stereocenters. The molecule has 194 valence electrons. The molecule has 1 aliphatic heterocycles. The first kappa shape index (κ1) is 29.4. The first-order valence-electron chi connectivity index (χ1n) is 11.7. The van der Waals surface area contributed by atoms with E-state index in [0.29, 0.717) is 17.3 Å². The number of hydrogen-bond acceptors (Lipinski definition) is 3. The summed E-state index contributed by atoms with van der Waals surface area (Å²) in [7, 11) is -1.15. The van der Waals surface area contributed by atoms with E-state index in [0.717, 1.165) is 51.1 Å². The number of aliphatic carboxylic acids is 1. The third-order valence-corrected chi connectivity index (χ3v) is 7.24. The molecule has 2 heterocycles. The van der Waals surface area contributed by atoms with Crippen LogP contribution in [0.1, 0.15) is 44.5 Å². The molecule has 6 nitrogen and oxygen atoms in total. The number of carboxylic acid groups (broad SMARTS) is 1. The lowest BCUT2D eigenvalue weighted by Gasteiger charge is -2.33. The molecule has 3 aromatic rings. The Morgan fingerprint density at radius 1 is 1.14 bits per heavy atom. The lowest BCUT2D eigenvalue weighted by atomic mass is 9.89. The average molecular weight is 531 g/mol.